The number of carbonyl (C=O) groups excluding carboxylic acids is 4. The van der Waals surface area contributed by atoms with Gasteiger partial charge in [0.25, 0.3) is 27.8 Å². The molecule has 0 saturated carbocycles. The van der Waals surface area contributed by atoms with Crippen LogP contribution in [0.5, 0.6) is 0 Å². The van der Waals surface area contributed by atoms with Gasteiger partial charge in [0.1, 0.15) is 17.9 Å². The van der Waals surface area contributed by atoms with Gasteiger partial charge in [-0.15, -0.1) is 0 Å². The highest BCUT2D eigenvalue weighted by Crippen LogP contribution is 2.34. The topological polar surface area (TPSA) is 168 Å². The molecule has 0 aromatic heterocycles. The molecule has 0 aliphatic carbocycles. The van der Waals surface area contributed by atoms with Gasteiger partial charge in [-0.2, -0.15) is 8.42 Å². The van der Waals surface area contributed by atoms with Crippen molar-refractivity contribution >= 4 is 254 Å². The number of ether oxygens (including phenoxy) is 1. The maximum Gasteiger partial charge on any atom is 0.342 e. The molecule has 51 heavy (non-hydrogen) atoms. The zero-order valence-corrected chi connectivity index (χ0v) is 44.9. The standard InChI is InChI=1S/C30H16I9N3O8S/c31-11-3-15(24(37)18(34)6-11)27(43)40-14-9-21(41-28(44)16-4-12(32)7-19(35)25(16)38)23(30(46)50-1-2-51(47,48)49)22(10-14)42-29(45)17-5-13(33)8-20(36)26(17)39/h3-10H,1-2H2,(H,40,43)(H,41,44)(H,42,45)(H,47,48,49). The second kappa shape index (κ2) is 19.6. The maximum atomic E-state index is 13.8. The number of nitrogens with one attached hydrogen (secondary N) is 3. The van der Waals surface area contributed by atoms with Gasteiger partial charge in [-0.05, 0) is 252 Å². The lowest BCUT2D eigenvalue weighted by Crippen LogP contribution is -2.23. The Labute approximate surface area is 414 Å². The highest BCUT2D eigenvalue weighted by atomic mass is 127. The summed E-state index contributed by atoms with van der Waals surface area (Å²) < 4.78 is 44.1. The summed E-state index contributed by atoms with van der Waals surface area (Å²) in [4.78, 5) is 55.1. The Bertz CT molecular complexity index is 2140. The molecule has 4 aromatic rings. The van der Waals surface area contributed by atoms with Crippen LogP contribution in [0.25, 0.3) is 0 Å². The lowest BCUT2D eigenvalue weighted by Gasteiger charge is -2.19. The number of anilines is 3. The fourth-order valence-electron chi connectivity index (χ4n) is 4.18. The monoisotopic (exact) mass is 1720 g/mol. The normalized spacial score (nSPS) is 11.2. The Morgan fingerprint density at radius 2 is 0.922 bits per heavy atom. The van der Waals surface area contributed by atoms with Crippen LogP contribution in [0.4, 0.5) is 17.1 Å². The molecule has 0 atom stereocenters. The van der Waals surface area contributed by atoms with Gasteiger partial charge in [-0.1, -0.05) is 0 Å². The molecule has 0 aliphatic heterocycles. The lowest BCUT2D eigenvalue weighted by molar-refractivity contribution is 0.0530. The van der Waals surface area contributed by atoms with E-state index in [9.17, 15) is 32.1 Å². The average molecular weight is 1720 g/mol. The SMILES string of the molecule is O=C(Nc1cc(NC(=O)c2cc(I)cc(I)c2I)c(C(=O)OCCS(=O)(=O)O)c(NC(=O)c2cc(I)cc(I)c2I)c1)c1cc(I)cc(I)c1I. The number of hydrogen-bond donors (Lipinski definition) is 4. The first-order valence-corrected chi connectivity index (χ1v) is 24.8. The van der Waals surface area contributed by atoms with E-state index in [0.717, 1.165) is 21.4 Å². The van der Waals surface area contributed by atoms with Crippen molar-refractivity contribution in [2.45, 2.75) is 0 Å². The van der Waals surface area contributed by atoms with Crippen molar-refractivity contribution in [3.8, 4) is 0 Å². The smallest absolute Gasteiger partial charge is 0.342 e. The molecule has 0 saturated heterocycles. The maximum absolute atomic E-state index is 13.8. The molecule has 268 valence electrons. The van der Waals surface area contributed by atoms with E-state index in [0.29, 0.717) is 27.4 Å². The minimum absolute atomic E-state index is 0.114. The first-order chi connectivity index (χ1) is 23.7. The summed E-state index contributed by atoms with van der Waals surface area (Å²) >= 11 is 18.8. The third kappa shape index (κ3) is 12.4. The summed E-state index contributed by atoms with van der Waals surface area (Å²) in [6, 6.07) is 13.4. The first-order valence-electron chi connectivity index (χ1n) is 13.4. The molecule has 0 heterocycles. The number of esters is 1. The van der Waals surface area contributed by atoms with Crippen LogP contribution in [-0.4, -0.2) is 49.0 Å². The molecule has 4 aromatic carbocycles. The molecule has 0 radical (unpaired) electrons. The predicted octanol–water partition coefficient (Wildman–Crippen LogP) is 9.93. The molecule has 3 amide bonds. The molecule has 21 heteroatoms. The number of hydrogen-bond acceptors (Lipinski definition) is 7. The Kier molecular flexibility index (Phi) is 17.3. The van der Waals surface area contributed by atoms with Crippen LogP contribution in [0.3, 0.4) is 0 Å². The zero-order valence-electron chi connectivity index (χ0n) is 24.6. The Morgan fingerprint density at radius 1 is 0.569 bits per heavy atom. The summed E-state index contributed by atoms with van der Waals surface area (Å²) in [5.74, 6) is -3.69. The summed E-state index contributed by atoms with van der Waals surface area (Å²) in [6.45, 7) is -0.722. The zero-order chi connectivity index (χ0) is 37.9. The van der Waals surface area contributed by atoms with Gasteiger partial charge in [0, 0.05) is 37.8 Å². The van der Waals surface area contributed by atoms with Gasteiger partial charge in [-0.25, -0.2) is 4.79 Å². The fourth-order valence-corrected chi connectivity index (χ4v) is 11.7. The van der Waals surface area contributed by atoms with Gasteiger partial charge < -0.3 is 20.7 Å². The number of carbonyl (C=O) groups is 4. The van der Waals surface area contributed by atoms with Gasteiger partial charge >= 0.3 is 5.97 Å². The second-order valence-corrected chi connectivity index (χ2v) is 22.0. The van der Waals surface area contributed by atoms with Crippen molar-refractivity contribution in [3.63, 3.8) is 0 Å². The highest BCUT2D eigenvalue weighted by molar-refractivity contribution is 14.1. The van der Waals surface area contributed by atoms with E-state index in [4.69, 9.17) is 4.74 Å². The van der Waals surface area contributed by atoms with E-state index in [2.05, 4.69) is 174 Å². The molecule has 0 aliphatic rings. The van der Waals surface area contributed by atoms with Crippen LogP contribution in [0.1, 0.15) is 41.4 Å². The minimum Gasteiger partial charge on any atom is -0.461 e. The molecule has 4 N–H and O–H groups in total. The molecule has 0 spiro atoms. The van der Waals surface area contributed by atoms with Crippen molar-refractivity contribution in [2.24, 2.45) is 0 Å². The average Bonchev–Trinajstić information content (AvgIpc) is 3.01. The fraction of sp³-hybridized carbons (Fsp3) is 0.0667. The Hall–Kier alpha value is 1.24. The second-order valence-electron chi connectivity index (χ2n) is 9.98. The summed E-state index contributed by atoms with van der Waals surface area (Å²) in [6.07, 6.45) is 0. The quantitative estimate of drug-likeness (QED) is 0.0527. The lowest BCUT2D eigenvalue weighted by atomic mass is 10.1. The van der Waals surface area contributed by atoms with Crippen LogP contribution in [0.15, 0.2) is 48.5 Å². The van der Waals surface area contributed by atoms with Crippen molar-refractivity contribution in [1.82, 2.24) is 0 Å². The third-order valence-electron chi connectivity index (χ3n) is 6.38. The molecular formula is C30H16I9N3O8S. The van der Waals surface area contributed by atoms with Gasteiger partial charge in [0.05, 0.1) is 28.1 Å². The number of amides is 3. The number of benzene rings is 4. The molecule has 11 nitrogen and oxygen atoms in total. The summed E-state index contributed by atoms with van der Waals surface area (Å²) in [5, 5.41) is 8.32. The summed E-state index contributed by atoms with van der Waals surface area (Å²) in [5.41, 5.74) is 0.467. The van der Waals surface area contributed by atoms with Gasteiger partial charge in [-0.3, -0.25) is 18.9 Å². The van der Waals surface area contributed by atoms with Crippen LogP contribution in [-0.2, 0) is 14.9 Å². The number of halogens is 9. The largest absolute Gasteiger partial charge is 0.461 e. The third-order valence-corrected chi connectivity index (χ3v) is 18.1. The first kappa shape index (κ1) is 44.9. The van der Waals surface area contributed by atoms with Gasteiger partial charge in [0.2, 0.25) is 0 Å². The summed E-state index contributed by atoms with van der Waals surface area (Å²) in [7, 11) is -4.48. The minimum atomic E-state index is -4.48. The van der Waals surface area contributed by atoms with E-state index in [1.807, 2.05) is 63.4 Å². The molecular weight excluding hydrogens is 1700 g/mol. The van der Waals surface area contributed by atoms with E-state index < -0.39 is 46.2 Å². The van der Waals surface area contributed by atoms with Crippen LogP contribution < -0.4 is 16.0 Å². The van der Waals surface area contributed by atoms with Crippen LogP contribution in [0, 0.1) is 32.1 Å². The predicted molar refractivity (Wildman–Crippen MR) is 271 cm³/mol. The highest BCUT2D eigenvalue weighted by Gasteiger charge is 2.27. The van der Waals surface area contributed by atoms with Gasteiger partial charge in [0.15, 0.2) is 0 Å². The van der Waals surface area contributed by atoms with E-state index in [1.165, 1.54) is 12.1 Å². The van der Waals surface area contributed by atoms with E-state index >= 15 is 0 Å². The Balaban J connectivity index is 1.92. The van der Waals surface area contributed by atoms with Crippen molar-refractivity contribution in [3.05, 3.63) is 103 Å². The number of rotatable bonds is 10. The molecule has 0 unspecified atom stereocenters. The molecule has 0 bridgehead atoms. The van der Waals surface area contributed by atoms with Crippen molar-refractivity contribution in [2.75, 3.05) is 28.3 Å². The molecule has 0 fully saturated rings. The van der Waals surface area contributed by atoms with Crippen LogP contribution >= 0.6 is 203 Å². The molecule has 4 rings (SSSR count). The van der Waals surface area contributed by atoms with Crippen molar-refractivity contribution < 1.29 is 36.9 Å². The van der Waals surface area contributed by atoms with E-state index in [-0.39, 0.29) is 22.6 Å². The Morgan fingerprint density at radius 3 is 1.27 bits per heavy atom. The van der Waals surface area contributed by atoms with E-state index in [1.54, 1.807) is 18.2 Å². The van der Waals surface area contributed by atoms with Crippen LogP contribution in [0.2, 0.25) is 0 Å². The van der Waals surface area contributed by atoms with Crippen molar-refractivity contribution in [1.29, 1.82) is 0 Å².